The van der Waals surface area contributed by atoms with Crippen molar-refractivity contribution in [1.29, 1.82) is 5.41 Å². The number of carboxylic acids is 1. The minimum atomic E-state index is -1.14. The summed E-state index contributed by atoms with van der Waals surface area (Å²) < 4.78 is 5.29. The first-order valence-electron chi connectivity index (χ1n) is 13.9. The lowest BCUT2D eigenvalue weighted by Crippen LogP contribution is -2.51. The van der Waals surface area contributed by atoms with Gasteiger partial charge in [-0.25, -0.2) is 4.79 Å². The maximum absolute atomic E-state index is 13.5. The van der Waals surface area contributed by atoms with E-state index in [0.717, 1.165) is 5.56 Å². The van der Waals surface area contributed by atoms with Gasteiger partial charge in [0.15, 0.2) is 6.61 Å². The van der Waals surface area contributed by atoms with Crippen molar-refractivity contribution in [2.75, 3.05) is 31.6 Å². The minimum absolute atomic E-state index is 0.0661. The summed E-state index contributed by atoms with van der Waals surface area (Å²) in [5, 5.41) is 22.5. The Bertz CT molecular complexity index is 1500. The number of piperidine rings is 1. The van der Waals surface area contributed by atoms with Crippen LogP contribution in [0.4, 0.5) is 5.69 Å². The first-order chi connectivity index (χ1) is 20.6. The number of aliphatic carboxylic acids is 1. The number of likely N-dealkylation sites (tertiary alicyclic amines) is 1. The molecular weight excluding hydrogens is 550 g/mol. The third-order valence-electron chi connectivity index (χ3n) is 7.68. The van der Waals surface area contributed by atoms with Gasteiger partial charge < -0.3 is 31.1 Å². The fraction of sp³-hybridized carbons (Fsp3) is 0.281. The number of hydrogen-bond donors (Lipinski definition) is 5. The molecule has 0 aromatic heterocycles. The fourth-order valence-corrected chi connectivity index (χ4v) is 5.29. The molecule has 6 N–H and O–H groups in total. The van der Waals surface area contributed by atoms with Gasteiger partial charge in [-0.3, -0.25) is 19.8 Å². The molecule has 0 aliphatic carbocycles. The standard InChI is InChI=1S/C32H35N5O6/c1-21(38)32(24-9-3-2-4-10-24)13-15-37(16-14-32)27(39)19-35-31(42)29(36-25-11-5-8-23(17-25)30(33)34)22-7-6-12-26(18-22)43-20-28(40)41/h2-12,17-18,29,36H,13-16,19-20H2,1H3,(H3,33,34)(H,35,42)(H,40,41). The van der Waals surface area contributed by atoms with Crippen molar-refractivity contribution >= 4 is 35.1 Å². The summed E-state index contributed by atoms with van der Waals surface area (Å²) in [5.41, 5.74) is 7.37. The van der Waals surface area contributed by atoms with Crippen LogP contribution in [-0.2, 0) is 24.6 Å². The second kappa shape index (κ2) is 13.6. The maximum atomic E-state index is 13.5. The number of nitrogen functional groups attached to an aromatic ring is 1. The zero-order valence-corrected chi connectivity index (χ0v) is 23.8. The van der Waals surface area contributed by atoms with Gasteiger partial charge in [0.1, 0.15) is 23.4 Å². The zero-order valence-electron chi connectivity index (χ0n) is 23.8. The number of ketones is 1. The molecule has 1 aliphatic heterocycles. The number of amides is 2. The van der Waals surface area contributed by atoms with Crippen LogP contribution in [0, 0.1) is 5.41 Å². The van der Waals surface area contributed by atoms with Gasteiger partial charge in [0.2, 0.25) is 11.8 Å². The average Bonchev–Trinajstić information content (AvgIpc) is 3.02. The van der Waals surface area contributed by atoms with Crippen molar-refractivity contribution in [1.82, 2.24) is 10.2 Å². The molecule has 11 heteroatoms. The highest BCUT2D eigenvalue weighted by Gasteiger charge is 2.41. The highest BCUT2D eigenvalue weighted by Crippen LogP contribution is 2.36. The van der Waals surface area contributed by atoms with Crippen LogP contribution in [0.1, 0.15) is 42.5 Å². The number of benzene rings is 3. The normalized spacial score (nSPS) is 14.7. The van der Waals surface area contributed by atoms with Crippen LogP contribution in [0.15, 0.2) is 78.9 Å². The van der Waals surface area contributed by atoms with E-state index in [-0.39, 0.29) is 29.8 Å². The minimum Gasteiger partial charge on any atom is -0.482 e. The van der Waals surface area contributed by atoms with Crippen molar-refractivity contribution in [2.24, 2.45) is 5.73 Å². The monoisotopic (exact) mass is 585 g/mol. The molecule has 1 atom stereocenters. The van der Waals surface area contributed by atoms with E-state index in [1.54, 1.807) is 60.4 Å². The van der Waals surface area contributed by atoms with E-state index in [1.807, 2.05) is 30.3 Å². The molecule has 3 aromatic rings. The number of carboxylic acid groups (broad SMARTS) is 1. The highest BCUT2D eigenvalue weighted by atomic mass is 16.5. The molecule has 1 saturated heterocycles. The molecule has 224 valence electrons. The van der Waals surface area contributed by atoms with Crippen LogP contribution in [0.2, 0.25) is 0 Å². The molecule has 4 rings (SSSR count). The van der Waals surface area contributed by atoms with Crippen LogP contribution in [0.25, 0.3) is 0 Å². The first-order valence-corrected chi connectivity index (χ1v) is 13.9. The lowest BCUT2D eigenvalue weighted by atomic mass is 9.70. The number of hydrogen-bond acceptors (Lipinski definition) is 7. The molecule has 43 heavy (non-hydrogen) atoms. The SMILES string of the molecule is CC(=O)C1(c2ccccc2)CCN(C(=O)CNC(=O)C(Nc2cccc(C(=N)N)c2)c2cccc(OCC(=O)O)c2)CC1. The Hall–Kier alpha value is -5.19. The number of ether oxygens (including phenoxy) is 1. The molecule has 0 saturated carbocycles. The Morgan fingerprint density at radius 1 is 1.00 bits per heavy atom. The number of nitrogens with zero attached hydrogens (tertiary/aromatic N) is 1. The molecular formula is C32H35N5O6. The van der Waals surface area contributed by atoms with Crippen molar-refractivity contribution in [3.63, 3.8) is 0 Å². The number of nitrogens with two attached hydrogens (primary N) is 1. The first kappa shape index (κ1) is 30.8. The van der Waals surface area contributed by atoms with Crippen LogP contribution in [0.3, 0.4) is 0 Å². The molecule has 2 amide bonds. The van der Waals surface area contributed by atoms with Crippen molar-refractivity contribution in [3.8, 4) is 5.75 Å². The van der Waals surface area contributed by atoms with E-state index in [2.05, 4.69) is 10.6 Å². The van der Waals surface area contributed by atoms with E-state index in [4.69, 9.17) is 21.0 Å². The number of carbonyl (C=O) groups is 4. The maximum Gasteiger partial charge on any atom is 0.341 e. The smallest absolute Gasteiger partial charge is 0.341 e. The van der Waals surface area contributed by atoms with E-state index in [0.29, 0.717) is 42.7 Å². The van der Waals surface area contributed by atoms with Gasteiger partial charge in [-0.05, 0) is 55.2 Å². The van der Waals surface area contributed by atoms with Gasteiger partial charge in [-0.1, -0.05) is 54.6 Å². The quantitative estimate of drug-likeness (QED) is 0.159. The second-order valence-corrected chi connectivity index (χ2v) is 10.4. The Balaban J connectivity index is 1.47. The third kappa shape index (κ3) is 7.56. The predicted molar refractivity (Wildman–Crippen MR) is 161 cm³/mol. The number of rotatable bonds is 12. The molecule has 1 aliphatic rings. The van der Waals surface area contributed by atoms with Gasteiger partial charge in [0, 0.05) is 24.3 Å². The molecule has 1 unspecified atom stereocenters. The summed E-state index contributed by atoms with van der Waals surface area (Å²) in [6.07, 6.45) is 0.984. The molecule has 1 heterocycles. The number of nitrogens with one attached hydrogen (secondary N) is 3. The van der Waals surface area contributed by atoms with Crippen LogP contribution < -0.4 is 21.1 Å². The predicted octanol–water partition coefficient (Wildman–Crippen LogP) is 2.85. The highest BCUT2D eigenvalue weighted by molar-refractivity contribution is 5.96. The average molecular weight is 586 g/mol. The Morgan fingerprint density at radius 2 is 1.70 bits per heavy atom. The summed E-state index contributed by atoms with van der Waals surface area (Å²) in [6, 6.07) is 21.7. The Labute approximate surface area is 249 Å². The number of Topliss-reactive ketones (excluding diaryl/α,β-unsaturated/α-hetero) is 1. The van der Waals surface area contributed by atoms with Crippen molar-refractivity contribution < 1.29 is 29.0 Å². The van der Waals surface area contributed by atoms with Gasteiger partial charge in [-0.15, -0.1) is 0 Å². The van der Waals surface area contributed by atoms with E-state index in [9.17, 15) is 19.2 Å². The number of carbonyl (C=O) groups excluding carboxylic acids is 3. The summed E-state index contributed by atoms with van der Waals surface area (Å²) in [6.45, 7) is 1.55. The van der Waals surface area contributed by atoms with Crippen LogP contribution >= 0.6 is 0 Å². The number of amidine groups is 1. The zero-order chi connectivity index (χ0) is 31.0. The third-order valence-corrected chi connectivity index (χ3v) is 7.68. The Morgan fingerprint density at radius 3 is 2.35 bits per heavy atom. The van der Waals surface area contributed by atoms with E-state index in [1.165, 1.54) is 0 Å². The Kier molecular flexibility index (Phi) is 9.76. The fourth-order valence-electron chi connectivity index (χ4n) is 5.29. The van der Waals surface area contributed by atoms with E-state index < -0.39 is 29.9 Å². The van der Waals surface area contributed by atoms with Crippen LogP contribution in [0.5, 0.6) is 5.75 Å². The van der Waals surface area contributed by atoms with E-state index >= 15 is 0 Å². The summed E-state index contributed by atoms with van der Waals surface area (Å²) in [4.78, 5) is 52.0. The summed E-state index contributed by atoms with van der Waals surface area (Å²) in [5.74, 6) is -1.72. The summed E-state index contributed by atoms with van der Waals surface area (Å²) >= 11 is 0. The largest absolute Gasteiger partial charge is 0.482 e. The van der Waals surface area contributed by atoms with Gasteiger partial charge >= 0.3 is 5.97 Å². The molecule has 0 bridgehead atoms. The molecule has 0 spiro atoms. The van der Waals surface area contributed by atoms with Gasteiger partial charge in [0.05, 0.1) is 12.0 Å². The van der Waals surface area contributed by atoms with Crippen molar-refractivity contribution in [2.45, 2.75) is 31.2 Å². The van der Waals surface area contributed by atoms with Gasteiger partial charge in [0.25, 0.3) is 0 Å². The van der Waals surface area contributed by atoms with Crippen molar-refractivity contribution in [3.05, 3.63) is 95.6 Å². The summed E-state index contributed by atoms with van der Waals surface area (Å²) in [7, 11) is 0. The van der Waals surface area contributed by atoms with Gasteiger partial charge in [-0.2, -0.15) is 0 Å². The lowest BCUT2D eigenvalue weighted by Gasteiger charge is -2.40. The molecule has 1 fully saturated rings. The lowest BCUT2D eigenvalue weighted by molar-refractivity contribution is -0.139. The molecule has 11 nitrogen and oxygen atoms in total. The topological polar surface area (TPSA) is 175 Å². The molecule has 0 radical (unpaired) electrons. The molecule has 3 aromatic carbocycles. The number of anilines is 1. The second-order valence-electron chi connectivity index (χ2n) is 10.4. The van der Waals surface area contributed by atoms with Crippen LogP contribution in [-0.4, -0.2) is 65.7 Å².